The minimum absolute atomic E-state index is 0.187. The van der Waals surface area contributed by atoms with E-state index in [0.717, 1.165) is 16.3 Å². The maximum Gasteiger partial charge on any atom is 0.344 e. The summed E-state index contributed by atoms with van der Waals surface area (Å²) in [4.78, 5) is 23.4. The molecule has 0 aliphatic carbocycles. The predicted molar refractivity (Wildman–Crippen MR) is 100 cm³/mol. The Bertz CT molecular complexity index is 833. The van der Waals surface area contributed by atoms with Gasteiger partial charge in [-0.2, -0.15) is 0 Å². The Balaban J connectivity index is 1.96. The van der Waals surface area contributed by atoms with Gasteiger partial charge in [-0.05, 0) is 54.8 Å². The standard InChI is InChI=1S/C21H24F2O5/c1-4-21(2,3)20(25)28-11-14-5-6-16-10-17(8-7-15(16)9-14)26-13-19(24)27-12-18(22)23/h5-10,18H,4,11-13H2,1-3H3. The van der Waals surface area contributed by atoms with Crippen molar-refractivity contribution in [3.8, 4) is 5.75 Å². The molecule has 0 atom stereocenters. The monoisotopic (exact) mass is 394 g/mol. The van der Waals surface area contributed by atoms with E-state index in [4.69, 9.17) is 9.47 Å². The Labute approximate surface area is 162 Å². The summed E-state index contributed by atoms with van der Waals surface area (Å²) in [5.41, 5.74) is 0.344. The van der Waals surface area contributed by atoms with E-state index in [2.05, 4.69) is 4.74 Å². The van der Waals surface area contributed by atoms with Crippen molar-refractivity contribution < 1.29 is 32.6 Å². The summed E-state index contributed by atoms with van der Waals surface area (Å²) in [6.45, 7) is 4.44. The van der Waals surface area contributed by atoms with E-state index < -0.39 is 31.0 Å². The van der Waals surface area contributed by atoms with Crippen LogP contribution in [0.2, 0.25) is 0 Å². The summed E-state index contributed by atoms with van der Waals surface area (Å²) < 4.78 is 39.0. The molecule has 0 aromatic heterocycles. The van der Waals surface area contributed by atoms with Crippen LogP contribution in [0.5, 0.6) is 5.75 Å². The third-order valence-electron chi connectivity index (χ3n) is 4.41. The van der Waals surface area contributed by atoms with Gasteiger partial charge in [0.05, 0.1) is 5.41 Å². The number of halogens is 2. The first-order valence-corrected chi connectivity index (χ1v) is 8.98. The zero-order valence-corrected chi connectivity index (χ0v) is 16.2. The van der Waals surface area contributed by atoms with Crippen molar-refractivity contribution in [1.29, 1.82) is 0 Å². The van der Waals surface area contributed by atoms with E-state index in [1.54, 1.807) is 18.2 Å². The van der Waals surface area contributed by atoms with Crippen molar-refractivity contribution in [2.45, 2.75) is 40.2 Å². The molecule has 0 radical (unpaired) electrons. The van der Waals surface area contributed by atoms with Crippen LogP contribution in [0.1, 0.15) is 32.8 Å². The second-order valence-corrected chi connectivity index (χ2v) is 7.02. The second kappa shape index (κ2) is 9.48. The van der Waals surface area contributed by atoms with E-state index >= 15 is 0 Å². The fourth-order valence-corrected chi connectivity index (χ4v) is 2.28. The summed E-state index contributed by atoms with van der Waals surface area (Å²) in [6.07, 6.45) is -2.01. The van der Waals surface area contributed by atoms with Crippen LogP contribution in [0.25, 0.3) is 10.8 Å². The fraction of sp³-hybridized carbons (Fsp3) is 0.429. The highest BCUT2D eigenvalue weighted by atomic mass is 19.3. The molecular weight excluding hydrogens is 370 g/mol. The van der Waals surface area contributed by atoms with Gasteiger partial charge in [-0.3, -0.25) is 4.79 Å². The normalized spacial score (nSPS) is 11.5. The van der Waals surface area contributed by atoms with Gasteiger partial charge in [-0.25, -0.2) is 13.6 Å². The Kier molecular flexibility index (Phi) is 7.31. The summed E-state index contributed by atoms with van der Waals surface area (Å²) in [5, 5.41) is 1.78. The lowest BCUT2D eigenvalue weighted by molar-refractivity contribution is -0.155. The number of esters is 2. The molecule has 2 rings (SSSR count). The lowest BCUT2D eigenvalue weighted by atomic mass is 9.91. The van der Waals surface area contributed by atoms with Crippen LogP contribution >= 0.6 is 0 Å². The molecule has 2 aromatic carbocycles. The van der Waals surface area contributed by atoms with Crippen LogP contribution in [0.3, 0.4) is 0 Å². The molecule has 0 amide bonds. The van der Waals surface area contributed by atoms with Gasteiger partial charge in [-0.1, -0.05) is 25.1 Å². The first-order chi connectivity index (χ1) is 13.2. The molecule has 0 saturated heterocycles. The topological polar surface area (TPSA) is 61.8 Å². The van der Waals surface area contributed by atoms with Crippen molar-refractivity contribution in [3.05, 3.63) is 42.0 Å². The van der Waals surface area contributed by atoms with E-state index in [1.807, 2.05) is 39.0 Å². The summed E-state index contributed by atoms with van der Waals surface area (Å²) in [7, 11) is 0. The fourth-order valence-electron chi connectivity index (χ4n) is 2.28. The van der Waals surface area contributed by atoms with Crippen LogP contribution in [0.15, 0.2) is 36.4 Å². The number of hydrogen-bond donors (Lipinski definition) is 0. The van der Waals surface area contributed by atoms with Crippen LogP contribution in [0, 0.1) is 5.41 Å². The van der Waals surface area contributed by atoms with Crippen LogP contribution in [0.4, 0.5) is 8.78 Å². The quantitative estimate of drug-likeness (QED) is 0.586. The highest BCUT2D eigenvalue weighted by Crippen LogP contribution is 2.24. The molecule has 0 unspecified atom stereocenters. The molecule has 7 heteroatoms. The molecule has 0 fully saturated rings. The van der Waals surface area contributed by atoms with Gasteiger partial charge < -0.3 is 14.2 Å². The van der Waals surface area contributed by atoms with Gasteiger partial charge in [0.15, 0.2) is 13.2 Å². The van der Waals surface area contributed by atoms with Crippen LogP contribution in [-0.2, 0) is 25.7 Å². The smallest absolute Gasteiger partial charge is 0.344 e. The average Bonchev–Trinajstić information content (AvgIpc) is 2.68. The van der Waals surface area contributed by atoms with Crippen molar-refractivity contribution in [1.82, 2.24) is 0 Å². The van der Waals surface area contributed by atoms with Crippen molar-refractivity contribution in [3.63, 3.8) is 0 Å². The lowest BCUT2D eigenvalue weighted by Gasteiger charge is -2.20. The number of alkyl halides is 2. The Morgan fingerprint density at radius 3 is 2.39 bits per heavy atom. The Hall–Kier alpha value is -2.70. The molecule has 0 saturated carbocycles. The molecule has 5 nitrogen and oxygen atoms in total. The van der Waals surface area contributed by atoms with Crippen molar-refractivity contribution in [2.24, 2.45) is 5.41 Å². The van der Waals surface area contributed by atoms with E-state index in [0.29, 0.717) is 12.2 Å². The van der Waals surface area contributed by atoms with Crippen molar-refractivity contribution in [2.75, 3.05) is 13.2 Å². The molecule has 152 valence electrons. The first-order valence-electron chi connectivity index (χ1n) is 8.98. The third kappa shape index (κ3) is 6.18. The summed E-state index contributed by atoms with van der Waals surface area (Å²) >= 11 is 0. The molecule has 2 aromatic rings. The molecule has 0 heterocycles. The molecule has 0 N–H and O–H groups in total. The lowest BCUT2D eigenvalue weighted by Crippen LogP contribution is -2.25. The zero-order chi connectivity index (χ0) is 20.7. The number of carbonyl (C=O) groups excluding carboxylic acids is 2. The Morgan fingerprint density at radius 2 is 1.71 bits per heavy atom. The number of fused-ring (bicyclic) bond motifs is 1. The number of benzene rings is 2. The SMILES string of the molecule is CCC(C)(C)C(=O)OCc1ccc2cc(OCC(=O)OCC(F)F)ccc2c1. The van der Waals surface area contributed by atoms with E-state index in [-0.39, 0.29) is 12.6 Å². The highest BCUT2D eigenvalue weighted by Gasteiger charge is 2.26. The number of rotatable bonds is 9. The van der Waals surface area contributed by atoms with Gasteiger partial charge in [0.25, 0.3) is 6.43 Å². The number of carbonyl (C=O) groups is 2. The minimum Gasteiger partial charge on any atom is -0.482 e. The predicted octanol–water partition coefficient (Wildman–Crippen LogP) is 4.51. The number of ether oxygens (including phenoxy) is 3. The third-order valence-corrected chi connectivity index (χ3v) is 4.41. The van der Waals surface area contributed by atoms with Gasteiger partial charge >= 0.3 is 11.9 Å². The van der Waals surface area contributed by atoms with E-state index in [1.165, 1.54) is 0 Å². The van der Waals surface area contributed by atoms with Crippen molar-refractivity contribution >= 4 is 22.7 Å². The summed E-state index contributed by atoms with van der Waals surface area (Å²) in [6, 6.07) is 10.8. The molecule has 0 aliphatic rings. The van der Waals surface area contributed by atoms with Gasteiger partial charge in [0, 0.05) is 0 Å². The van der Waals surface area contributed by atoms with Gasteiger partial charge in [-0.15, -0.1) is 0 Å². The molecule has 0 bridgehead atoms. The molecule has 0 spiro atoms. The Morgan fingerprint density at radius 1 is 1.04 bits per heavy atom. The van der Waals surface area contributed by atoms with Gasteiger partial charge in [0.1, 0.15) is 12.4 Å². The minimum atomic E-state index is -2.70. The van der Waals surface area contributed by atoms with Crippen LogP contribution in [-0.4, -0.2) is 31.6 Å². The maximum atomic E-state index is 12.1. The van der Waals surface area contributed by atoms with Gasteiger partial charge in [0.2, 0.25) is 0 Å². The largest absolute Gasteiger partial charge is 0.482 e. The maximum absolute atomic E-state index is 12.1. The zero-order valence-electron chi connectivity index (χ0n) is 16.2. The molecule has 28 heavy (non-hydrogen) atoms. The van der Waals surface area contributed by atoms with Crippen LogP contribution < -0.4 is 4.74 Å². The highest BCUT2D eigenvalue weighted by molar-refractivity contribution is 5.84. The first kappa shape index (κ1) is 21.6. The number of hydrogen-bond acceptors (Lipinski definition) is 5. The molecular formula is C21H24F2O5. The molecule has 0 aliphatic heterocycles. The summed E-state index contributed by atoms with van der Waals surface area (Å²) in [5.74, 6) is -0.671. The van der Waals surface area contributed by atoms with E-state index in [9.17, 15) is 18.4 Å². The average molecular weight is 394 g/mol. The second-order valence-electron chi connectivity index (χ2n) is 7.02.